The molecule has 1 aliphatic rings. The highest BCUT2D eigenvalue weighted by molar-refractivity contribution is 6.30. The predicted molar refractivity (Wildman–Crippen MR) is 102 cm³/mol. The van der Waals surface area contributed by atoms with Crippen LogP contribution in [0.25, 0.3) is 0 Å². The molecule has 9 heteroatoms. The summed E-state index contributed by atoms with van der Waals surface area (Å²) in [6.07, 6.45) is 3.22. The summed E-state index contributed by atoms with van der Waals surface area (Å²) in [6, 6.07) is 7.17. The molecule has 0 saturated carbocycles. The van der Waals surface area contributed by atoms with Gasteiger partial charge in [-0.3, -0.25) is 10.1 Å². The molecule has 8 nitrogen and oxygen atoms in total. The molecule has 0 amide bonds. The summed E-state index contributed by atoms with van der Waals surface area (Å²) in [5.74, 6) is 0.478. The second-order valence-electron chi connectivity index (χ2n) is 6.43. The van der Waals surface area contributed by atoms with Gasteiger partial charge in [0.15, 0.2) is 0 Å². The zero-order valence-corrected chi connectivity index (χ0v) is 15.5. The minimum atomic E-state index is -0.437. The molecular weight excluding hydrogens is 356 g/mol. The molecule has 26 heavy (non-hydrogen) atoms. The number of hydrogen-bond acceptors (Lipinski definition) is 7. The molecule has 1 aromatic carbocycles. The lowest BCUT2D eigenvalue weighted by Crippen LogP contribution is -2.42. The third-order valence-electron chi connectivity index (χ3n) is 4.64. The fourth-order valence-electron chi connectivity index (χ4n) is 3.15. The SMILES string of the molecule is CN1CCC(N(C)c2ncnc(Nc3cccc(Cl)c3)c2[N+](=O)[O-])CC1. The molecule has 1 saturated heterocycles. The maximum Gasteiger partial charge on any atom is 0.353 e. The van der Waals surface area contributed by atoms with Gasteiger partial charge in [0.1, 0.15) is 6.33 Å². The Kier molecular flexibility index (Phi) is 5.53. The Morgan fingerprint density at radius 2 is 2.08 bits per heavy atom. The average Bonchev–Trinajstić information content (AvgIpc) is 2.61. The minimum absolute atomic E-state index is 0.131. The Morgan fingerprint density at radius 1 is 1.35 bits per heavy atom. The van der Waals surface area contributed by atoms with E-state index in [-0.39, 0.29) is 17.5 Å². The van der Waals surface area contributed by atoms with Gasteiger partial charge in [-0.05, 0) is 51.2 Å². The van der Waals surface area contributed by atoms with Crippen LogP contribution in [0.1, 0.15) is 12.8 Å². The van der Waals surface area contributed by atoms with E-state index in [1.807, 2.05) is 11.9 Å². The van der Waals surface area contributed by atoms with Crippen LogP contribution in [0.3, 0.4) is 0 Å². The first kappa shape index (κ1) is 18.3. The van der Waals surface area contributed by atoms with Crippen molar-refractivity contribution in [3.63, 3.8) is 0 Å². The smallest absolute Gasteiger partial charge is 0.351 e. The molecule has 1 aliphatic heterocycles. The molecule has 138 valence electrons. The Bertz CT molecular complexity index is 795. The molecule has 3 rings (SSSR count). The summed E-state index contributed by atoms with van der Waals surface area (Å²) in [4.78, 5) is 23.8. The number of nitrogens with zero attached hydrogens (tertiary/aromatic N) is 5. The van der Waals surface area contributed by atoms with Gasteiger partial charge in [-0.15, -0.1) is 0 Å². The molecule has 0 radical (unpaired) electrons. The van der Waals surface area contributed by atoms with Gasteiger partial charge in [-0.1, -0.05) is 17.7 Å². The number of nitro groups is 1. The van der Waals surface area contributed by atoms with Gasteiger partial charge >= 0.3 is 5.69 Å². The molecule has 1 N–H and O–H groups in total. The van der Waals surface area contributed by atoms with Crippen LogP contribution in [0, 0.1) is 10.1 Å². The number of halogens is 1. The van der Waals surface area contributed by atoms with Crippen LogP contribution in [0.15, 0.2) is 30.6 Å². The highest BCUT2D eigenvalue weighted by Gasteiger charge is 2.30. The van der Waals surface area contributed by atoms with Gasteiger partial charge in [-0.2, -0.15) is 0 Å². The minimum Gasteiger partial charge on any atom is -0.351 e. The number of aromatic nitrogens is 2. The number of likely N-dealkylation sites (tertiary alicyclic amines) is 1. The molecule has 0 bridgehead atoms. The predicted octanol–water partition coefficient (Wildman–Crippen LogP) is 3.31. The van der Waals surface area contributed by atoms with Gasteiger partial charge in [0.2, 0.25) is 11.6 Å². The summed E-state index contributed by atoms with van der Waals surface area (Å²) < 4.78 is 0. The highest BCUT2D eigenvalue weighted by atomic mass is 35.5. The number of rotatable bonds is 5. The van der Waals surface area contributed by atoms with Crippen molar-refractivity contribution in [2.75, 3.05) is 37.4 Å². The van der Waals surface area contributed by atoms with E-state index in [1.165, 1.54) is 6.33 Å². The van der Waals surface area contributed by atoms with Crippen LogP contribution in [-0.2, 0) is 0 Å². The third-order valence-corrected chi connectivity index (χ3v) is 4.88. The van der Waals surface area contributed by atoms with Gasteiger partial charge in [0.25, 0.3) is 0 Å². The normalized spacial score (nSPS) is 15.7. The Morgan fingerprint density at radius 3 is 2.73 bits per heavy atom. The number of hydrogen-bond donors (Lipinski definition) is 1. The maximum atomic E-state index is 11.8. The molecule has 2 aromatic rings. The van der Waals surface area contributed by atoms with Crippen LogP contribution in [0.4, 0.5) is 23.0 Å². The molecule has 2 heterocycles. The zero-order valence-electron chi connectivity index (χ0n) is 14.7. The maximum absolute atomic E-state index is 11.8. The lowest BCUT2D eigenvalue weighted by Gasteiger charge is -2.35. The monoisotopic (exact) mass is 376 g/mol. The van der Waals surface area contributed by atoms with Gasteiger partial charge < -0.3 is 15.1 Å². The quantitative estimate of drug-likeness (QED) is 0.632. The molecule has 0 atom stereocenters. The molecule has 1 fully saturated rings. The van der Waals surface area contributed by atoms with E-state index in [4.69, 9.17) is 11.6 Å². The fourth-order valence-corrected chi connectivity index (χ4v) is 3.34. The number of anilines is 3. The molecule has 1 aromatic heterocycles. The first-order valence-electron chi connectivity index (χ1n) is 8.39. The van der Waals surface area contributed by atoms with Crippen molar-refractivity contribution in [2.45, 2.75) is 18.9 Å². The highest BCUT2D eigenvalue weighted by Crippen LogP contribution is 2.35. The van der Waals surface area contributed by atoms with E-state index in [1.54, 1.807) is 24.3 Å². The summed E-state index contributed by atoms with van der Waals surface area (Å²) in [6.45, 7) is 1.92. The fraction of sp³-hybridized carbons (Fsp3) is 0.412. The van der Waals surface area contributed by atoms with Crippen molar-refractivity contribution in [1.29, 1.82) is 0 Å². The van der Waals surface area contributed by atoms with Crippen LogP contribution >= 0.6 is 11.6 Å². The van der Waals surface area contributed by atoms with Crippen LogP contribution in [-0.4, -0.2) is 53.0 Å². The number of benzene rings is 1. The molecule has 0 spiro atoms. The average molecular weight is 377 g/mol. The van der Waals surface area contributed by atoms with Gasteiger partial charge in [0.05, 0.1) is 4.92 Å². The van der Waals surface area contributed by atoms with E-state index in [0.717, 1.165) is 25.9 Å². The van der Waals surface area contributed by atoms with Gasteiger partial charge in [-0.25, -0.2) is 9.97 Å². The van der Waals surface area contributed by atoms with E-state index in [2.05, 4.69) is 27.2 Å². The van der Waals surface area contributed by atoms with Gasteiger partial charge in [0, 0.05) is 23.8 Å². The van der Waals surface area contributed by atoms with Crippen LogP contribution in [0.2, 0.25) is 5.02 Å². The largest absolute Gasteiger partial charge is 0.353 e. The second-order valence-corrected chi connectivity index (χ2v) is 6.87. The first-order valence-corrected chi connectivity index (χ1v) is 8.77. The summed E-state index contributed by atoms with van der Waals surface area (Å²) in [7, 11) is 3.94. The lowest BCUT2D eigenvalue weighted by molar-refractivity contribution is -0.383. The van der Waals surface area contributed by atoms with Crippen molar-refractivity contribution < 1.29 is 4.92 Å². The van der Waals surface area contributed by atoms with Crippen molar-refractivity contribution in [1.82, 2.24) is 14.9 Å². The van der Waals surface area contributed by atoms with Crippen molar-refractivity contribution >= 4 is 34.6 Å². The standard InChI is InChI=1S/C17H21ClN6O2/c1-22-8-6-14(7-9-22)23(2)17-15(24(25)26)16(19-11-20-17)21-13-5-3-4-12(18)10-13/h3-5,10-11,14H,6-9H2,1-2H3,(H,19,20,21). The third kappa shape index (κ3) is 4.03. The summed E-state index contributed by atoms with van der Waals surface area (Å²) >= 11 is 5.99. The van der Waals surface area contributed by atoms with E-state index < -0.39 is 4.92 Å². The van der Waals surface area contributed by atoms with Crippen LogP contribution < -0.4 is 10.2 Å². The molecule has 0 aliphatic carbocycles. The van der Waals surface area contributed by atoms with Crippen molar-refractivity contribution in [2.24, 2.45) is 0 Å². The summed E-state index contributed by atoms with van der Waals surface area (Å²) in [5.41, 5.74) is 0.501. The van der Waals surface area contributed by atoms with E-state index >= 15 is 0 Å². The summed E-state index contributed by atoms with van der Waals surface area (Å²) in [5, 5.41) is 15.3. The number of nitrogens with one attached hydrogen (secondary N) is 1. The Hall–Kier alpha value is -2.45. The first-order chi connectivity index (χ1) is 12.5. The lowest BCUT2D eigenvalue weighted by atomic mass is 10.0. The van der Waals surface area contributed by atoms with Crippen molar-refractivity contribution in [3.05, 3.63) is 45.7 Å². The van der Waals surface area contributed by atoms with Crippen molar-refractivity contribution in [3.8, 4) is 0 Å². The van der Waals surface area contributed by atoms with E-state index in [0.29, 0.717) is 16.5 Å². The molecular formula is C17H21ClN6O2. The Labute approximate surface area is 157 Å². The second kappa shape index (κ2) is 7.84. The number of piperidine rings is 1. The van der Waals surface area contributed by atoms with E-state index in [9.17, 15) is 10.1 Å². The Balaban J connectivity index is 1.92. The van der Waals surface area contributed by atoms with Crippen LogP contribution in [0.5, 0.6) is 0 Å². The molecule has 0 unspecified atom stereocenters. The topological polar surface area (TPSA) is 87.4 Å². The zero-order chi connectivity index (χ0) is 18.7.